The molecule has 186 valence electrons. The maximum absolute atomic E-state index is 13.8. The second kappa shape index (κ2) is 10.4. The molecular formula is C26H36FN3O4. The van der Waals surface area contributed by atoms with Crippen LogP contribution in [0.1, 0.15) is 57.9 Å². The first kappa shape index (κ1) is 24.6. The molecule has 0 aromatic heterocycles. The number of hydrogen-bond donors (Lipinski definition) is 1. The third-order valence-corrected chi connectivity index (χ3v) is 7.49. The van der Waals surface area contributed by atoms with Crippen LogP contribution in [0.15, 0.2) is 24.3 Å². The van der Waals surface area contributed by atoms with Crippen molar-refractivity contribution in [1.82, 2.24) is 15.1 Å². The van der Waals surface area contributed by atoms with Crippen LogP contribution < -0.4 is 5.32 Å². The van der Waals surface area contributed by atoms with E-state index in [2.05, 4.69) is 19.2 Å². The number of nitrogens with one attached hydrogen (secondary N) is 1. The molecule has 8 heteroatoms. The van der Waals surface area contributed by atoms with E-state index in [0.29, 0.717) is 51.3 Å². The molecule has 0 spiro atoms. The lowest BCUT2D eigenvalue weighted by Gasteiger charge is -2.41. The van der Waals surface area contributed by atoms with Crippen molar-refractivity contribution in [3.05, 3.63) is 35.6 Å². The summed E-state index contributed by atoms with van der Waals surface area (Å²) in [6.45, 7) is 6.26. The number of hydrogen-bond acceptors (Lipinski definition) is 4. The van der Waals surface area contributed by atoms with Crippen molar-refractivity contribution in [2.75, 3.05) is 26.2 Å². The second-order valence-electron chi connectivity index (χ2n) is 10.3. The third-order valence-electron chi connectivity index (χ3n) is 7.49. The van der Waals surface area contributed by atoms with Gasteiger partial charge in [0.25, 0.3) is 5.91 Å². The standard InChI is InChI=1S/C26H36FN3O4/c1-18(2)5-10-23(31)29-13-11-20(12-14-29)26(16-19-6-8-21(27)9-7-19)24(32)30(25(33)28-26)17-22-4-3-15-34-22/h6-9,18,20,22H,3-5,10-17H2,1-2H3,(H,28,33). The molecule has 3 fully saturated rings. The van der Waals surface area contributed by atoms with E-state index >= 15 is 0 Å². The maximum atomic E-state index is 13.8. The molecule has 4 rings (SSSR count). The molecule has 34 heavy (non-hydrogen) atoms. The normalized spacial score (nSPS) is 25.9. The highest BCUT2D eigenvalue weighted by Crippen LogP contribution is 2.37. The molecule has 1 N–H and O–H groups in total. The summed E-state index contributed by atoms with van der Waals surface area (Å²) in [4.78, 5) is 42.6. The van der Waals surface area contributed by atoms with Crippen LogP contribution in [0.3, 0.4) is 0 Å². The first-order valence-electron chi connectivity index (χ1n) is 12.6. The minimum atomic E-state index is -1.10. The van der Waals surface area contributed by atoms with Gasteiger partial charge in [0.05, 0.1) is 12.6 Å². The minimum absolute atomic E-state index is 0.113. The van der Waals surface area contributed by atoms with E-state index in [1.807, 2.05) is 4.90 Å². The number of likely N-dealkylation sites (tertiary alicyclic amines) is 1. The summed E-state index contributed by atoms with van der Waals surface area (Å²) in [7, 11) is 0. The Labute approximate surface area is 201 Å². The van der Waals surface area contributed by atoms with Gasteiger partial charge in [-0.15, -0.1) is 0 Å². The average molecular weight is 474 g/mol. The Morgan fingerprint density at radius 2 is 1.88 bits per heavy atom. The smallest absolute Gasteiger partial charge is 0.325 e. The number of halogens is 1. The zero-order valence-electron chi connectivity index (χ0n) is 20.2. The molecule has 4 amide bonds. The topological polar surface area (TPSA) is 79.0 Å². The van der Waals surface area contributed by atoms with Gasteiger partial charge < -0.3 is 15.0 Å². The van der Waals surface area contributed by atoms with E-state index < -0.39 is 11.6 Å². The third kappa shape index (κ3) is 5.27. The van der Waals surface area contributed by atoms with Crippen molar-refractivity contribution in [2.45, 2.75) is 70.4 Å². The molecule has 2 unspecified atom stereocenters. The Hall–Kier alpha value is -2.48. The Morgan fingerprint density at radius 3 is 2.50 bits per heavy atom. The van der Waals surface area contributed by atoms with Crippen LogP contribution in [0.25, 0.3) is 0 Å². The monoisotopic (exact) mass is 473 g/mol. The van der Waals surface area contributed by atoms with Gasteiger partial charge in [-0.3, -0.25) is 14.5 Å². The van der Waals surface area contributed by atoms with Gasteiger partial charge in [0, 0.05) is 32.5 Å². The largest absolute Gasteiger partial charge is 0.376 e. The Kier molecular flexibility index (Phi) is 7.55. The summed E-state index contributed by atoms with van der Waals surface area (Å²) in [5.41, 5.74) is -0.301. The SMILES string of the molecule is CC(C)CCC(=O)N1CCC(C2(Cc3ccc(F)cc3)NC(=O)N(CC3CCCO3)C2=O)CC1. The molecule has 1 aromatic carbocycles. The van der Waals surface area contributed by atoms with Crippen LogP contribution in [-0.2, 0) is 20.7 Å². The van der Waals surface area contributed by atoms with Crippen molar-refractivity contribution in [3.63, 3.8) is 0 Å². The fraction of sp³-hybridized carbons (Fsp3) is 0.654. The molecule has 3 heterocycles. The molecule has 0 aliphatic carbocycles. The van der Waals surface area contributed by atoms with E-state index in [1.165, 1.54) is 17.0 Å². The van der Waals surface area contributed by atoms with Crippen LogP contribution in [0.4, 0.5) is 9.18 Å². The van der Waals surface area contributed by atoms with Gasteiger partial charge in [0.1, 0.15) is 11.4 Å². The van der Waals surface area contributed by atoms with E-state index in [9.17, 15) is 18.8 Å². The highest BCUT2D eigenvalue weighted by atomic mass is 19.1. The summed E-state index contributed by atoms with van der Waals surface area (Å²) in [6, 6.07) is 5.71. The van der Waals surface area contributed by atoms with Crippen LogP contribution in [-0.4, -0.2) is 65.5 Å². The lowest BCUT2D eigenvalue weighted by Crippen LogP contribution is -2.58. The molecule has 3 saturated heterocycles. The minimum Gasteiger partial charge on any atom is -0.376 e. The summed E-state index contributed by atoms with van der Waals surface area (Å²) in [5.74, 6) is -0.0597. The Bertz CT molecular complexity index is 892. The number of nitrogens with zero attached hydrogens (tertiary/aromatic N) is 2. The zero-order valence-corrected chi connectivity index (χ0v) is 20.2. The average Bonchev–Trinajstić information content (AvgIpc) is 3.42. The van der Waals surface area contributed by atoms with Crippen molar-refractivity contribution in [1.29, 1.82) is 0 Å². The van der Waals surface area contributed by atoms with Crippen LogP contribution in [0.5, 0.6) is 0 Å². The fourth-order valence-corrected chi connectivity index (χ4v) is 5.46. The number of carbonyl (C=O) groups is 3. The lowest BCUT2D eigenvalue weighted by atomic mass is 9.73. The number of imide groups is 1. The molecule has 0 saturated carbocycles. The number of benzene rings is 1. The van der Waals surface area contributed by atoms with E-state index in [1.54, 1.807) is 12.1 Å². The quantitative estimate of drug-likeness (QED) is 0.586. The number of amides is 4. The number of carbonyl (C=O) groups excluding carboxylic acids is 3. The highest BCUT2D eigenvalue weighted by Gasteiger charge is 2.56. The van der Waals surface area contributed by atoms with Crippen molar-refractivity contribution >= 4 is 17.8 Å². The van der Waals surface area contributed by atoms with Gasteiger partial charge in [-0.2, -0.15) is 0 Å². The summed E-state index contributed by atoms with van der Waals surface area (Å²) < 4.78 is 19.2. The van der Waals surface area contributed by atoms with Crippen LogP contribution in [0.2, 0.25) is 0 Å². The molecule has 0 radical (unpaired) electrons. The van der Waals surface area contributed by atoms with Crippen molar-refractivity contribution in [2.24, 2.45) is 11.8 Å². The summed E-state index contributed by atoms with van der Waals surface area (Å²) in [5, 5.41) is 3.04. The van der Waals surface area contributed by atoms with Gasteiger partial charge in [-0.25, -0.2) is 9.18 Å². The number of piperidine rings is 1. The van der Waals surface area contributed by atoms with Gasteiger partial charge in [-0.05, 0) is 61.6 Å². The summed E-state index contributed by atoms with van der Waals surface area (Å²) >= 11 is 0. The first-order valence-corrected chi connectivity index (χ1v) is 12.6. The molecule has 3 aliphatic rings. The van der Waals surface area contributed by atoms with E-state index in [4.69, 9.17) is 4.74 Å². The lowest BCUT2D eigenvalue weighted by molar-refractivity contribution is -0.136. The van der Waals surface area contributed by atoms with Gasteiger partial charge in [-0.1, -0.05) is 26.0 Å². The van der Waals surface area contributed by atoms with Gasteiger partial charge in [0.15, 0.2) is 0 Å². The van der Waals surface area contributed by atoms with Gasteiger partial charge in [0.2, 0.25) is 5.91 Å². The number of rotatable bonds is 8. The molecule has 1 aromatic rings. The Balaban J connectivity index is 1.52. The summed E-state index contributed by atoms with van der Waals surface area (Å²) in [6.07, 6.45) is 4.59. The van der Waals surface area contributed by atoms with Crippen LogP contribution >= 0.6 is 0 Å². The molecular weight excluding hydrogens is 437 g/mol. The number of urea groups is 1. The highest BCUT2D eigenvalue weighted by molar-refractivity contribution is 6.07. The Morgan fingerprint density at radius 1 is 1.18 bits per heavy atom. The zero-order chi connectivity index (χ0) is 24.3. The molecule has 0 bridgehead atoms. The van der Waals surface area contributed by atoms with E-state index in [0.717, 1.165) is 24.8 Å². The molecule has 3 aliphatic heterocycles. The fourth-order valence-electron chi connectivity index (χ4n) is 5.46. The predicted octanol–water partition coefficient (Wildman–Crippen LogP) is 3.51. The van der Waals surface area contributed by atoms with Gasteiger partial charge >= 0.3 is 6.03 Å². The van der Waals surface area contributed by atoms with Crippen LogP contribution in [0, 0.1) is 17.7 Å². The van der Waals surface area contributed by atoms with E-state index in [-0.39, 0.29) is 36.2 Å². The molecule has 7 nitrogen and oxygen atoms in total. The first-order chi connectivity index (χ1) is 16.3. The second-order valence-corrected chi connectivity index (χ2v) is 10.3. The van der Waals surface area contributed by atoms with Crippen molar-refractivity contribution in [3.8, 4) is 0 Å². The molecule has 2 atom stereocenters. The number of ether oxygens (including phenoxy) is 1. The van der Waals surface area contributed by atoms with Crippen molar-refractivity contribution < 1.29 is 23.5 Å². The maximum Gasteiger partial charge on any atom is 0.325 e. The predicted molar refractivity (Wildman–Crippen MR) is 125 cm³/mol.